The van der Waals surface area contributed by atoms with E-state index in [1.807, 2.05) is 12.1 Å². The summed E-state index contributed by atoms with van der Waals surface area (Å²) < 4.78 is 41.0. The maximum Gasteiger partial charge on any atom is 0.422 e. The van der Waals surface area contributed by atoms with Gasteiger partial charge in [-0.2, -0.15) is 13.2 Å². The third-order valence-electron chi connectivity index (χ3n) is 4.38. The third kappa shape index (κ3) is 5.98. The summed E-state index contributed by atoms with van der Waals surface area (Å²) in [4.78, 5) is 16.3. The number of nitrogens with zero attached hydrogens (tertiary/aromatic N) is 1. The van der Waals surface area contributed by atoms with Crippen LogP contribution in [-0.4, -0.2) is 23.7 Å². The molecule has 1 unspecified atom stereocenters. The summed E-state index contributed by atoms with van der Waals surface area (Å²) in [7, 11) is 0. The summed E-state index contributed by atoms with van der Waals surface area (Å²) in [6.45, 7) is 0.409. The van der Waals surface area contributed by atoms with Gasteiger partial charge in [0.05, 0.1) is 24.4 Å². The molecule has 1 atom stereocenters. The van der Waals surface area contributed by atoms with Crippen LogP contribution in [0.15, 0.2) is 42.6 Å². The van der Waals surface area contributed by atoms with Crippen molar-refractivity contribution in [2.24, 2.45) is 0 Å². The van der Waals surface area contributed by atoms with Crippen molar-refractivity contribution in [1.82, 2.24) is 10.3 Å². The molecule has 0 spiro atoms. The number of ether oxygens (including phenoxy) is 1. The fraction of sp³-hybridized carbons (Fsp3) is 0.400. The number of carbonyl (C=O) groups is 1. The molecule has 1 fully saturated rings. The number of rotatable bonds is 7. The van der Waals surface area contributed by atoms with Crippen LogP contribution in [0.3, 0.4) is 0 Å². The fourth-order valence-electron chi connectivity index (χ4n) is 2.77. The molecule has 3 rings (SSSR count). The zero-order valence-electron chi connectivity index (χ0n) is 14.9. The molecule has 1 amide bonds. The average Bonchev–Trinajstić information content (AvgIpc) is 3.45. The number of aromatic nitrogens is 1. The second-order valence-electron chi connectivity index (χ2n) is 6.80. The molecular weight excluding hydrogens is 357 g/mol. The van der Waals surface area contributed by atoms with Crippen molar-refractivity contribution in [2.45, 2.75) is 44.3 Å². The van der Waals surface area contributed by atoms with E-state index in [2.05, 4.69) is 27.2 Å². The molecule has 7 heteroatoms. The molecule has 1 aromatic heterocycles. The zero-order valence-corrected chi connectivity index (χ0v) is 14.9. The SMILES string of the molecule is CC(NC(=O)Cc1ccc(C2CC2)cc1)c1ccc(OCC(F)(F)F)cn1. The first-order valence-electron chi connectivity index (χ1n) is 8.84. The first kappa shape index (κ1) is 19.2. The van der Waals surface area contributed by atoms with Crippen LogP contribution in [0.5, 0.6) is 5.75 Å². The summed E-state index contributed by atoms with van der Waals surface area (Å²) in [6, 6.07) is 10.7. The van der Waals surface area contributed by atoms with Crippen LogP contribution in [0.2, 0.25) is 0 Å². The van der Waals surface area contributed by atoms with E-state index in [1.54, 1.807) is 13.0 Å². The number of carbonyl (C=O) groups excluding carboxylic acids is 1. The van der Waals surface area contributed by atoms with Crippen LogP contribution in [0, 0.1) is 0 Å². The molecule has 0 radical (unpaired) electrons. The van der Waals surface area contributed by atoms with E-state index in [9.17, 15) is 18.0 Å². The van der Waals surface area contributed by atoms with Gasteiger partial charge in [-0.15, -0.1) is 0 Å². The normalized spacial score (nSPS) is 15.3. The van der Waals surface area contributed by atoms with Gasteiger partial charge in [-0.1, -0.05) is 24.3 Å². The number of amides is 1. The van der Waals surface area contributed by atoms with Gasteiger partial charge in [-0.25, -0.2) is 0 Å². The fourth-order valence-corrected chi connectivity index (χ4v) is 2.77. The Morgan fingerprint density at radius 1 is 1.22 bits per heavy atom. The van der Waals surface area contributed by atoms with Crippen molar-refractivity contribution in [3.63, 3.8) is 0 Å². The van der Waals surface area contributed by atoms with E-state index in [0.29, 0.717) is 11.6 Å². The number of benzene rings is 1. The van der Waals surface area contributed by atoms with Gasteiger partial charge in [0.15, 0.2) is 6.61 Å². The lowest BCUT2D eigenvalue weighted by Gasteiger charge is -2.14. The lowest BCUT2D eigenvalue weighted by molar-refractivity contribution is -0.153. The van der Waals surface area contributed by atoms with Crippen molar-refractivity contribution in [2.75, 3.05) is 6.61 Å². The Morgan fingerprint density at radius 3 is 2.48 bits per heavy atom. The van der Waals surface area contributed by atoms with Crippen molar-refractivity contribution in [3.8, 4) is 5.75 Å². The van der Waals surface area contributed by atoms with Crippen LogP contribution in [0.1, 0.15) is 48.5 Å². The number of pyridine rings is 1. The van der Waals surface area contributed by atoms with Crippen LogP contribution < -0.4 is 10.1 Å². The minimum Gasteiger partial charge on any atom is -0.483 e. The molecule has 1 aliphatic rings. The largest absolute Gasteiger partial charge is 0.483 e. The molecule has 0 bridgehead atoms. The minimum absolute atomic E-state index is 0.0327. The first-order chi connectivity index (χ1) is 12.8. The highest BCUT2D eigenvalue weighted by Gasteiger charge is 2.28. The molecule has 27 heavy (non-hydrogen) atoms. The summed E-state index contributed by atoms with van der Waals surface area (Å²) in [5, 5.41) is 2.85. The number of hydrogen-bond donors (Lipinski definition) is 1. The summed E-state index contributed by atoms with van der Waals surface area (Å²) in [5.41, 5.74) is 2.81. The molecule has 1 heterocycles. The summed E-state index contributed by atoms with van der Waals surface area (Å²) >= 11 is 0. The molecule has 1 aliphatic carbocycles. The van der Waals surface area contributed by atoms with E-state index in [1.165, 1.54) is 30.7 Å². The average molecular weight is 378 g/mol. The zero-order chi connectivity index (χ0) is 19.4. The van der Waals surface area contributed by atoms with Gasteiger partial charge in [0, 0.05) is 0 Å². The molecular formula is C20H21F3N2O2. The molecule has 1 N–H and O–H groups in total. The smallest absolute Gasteiger partial charge is 0.422 e. The summed E-state index contributed by atoms with van der Waals surface area (Å²) in [6.07, 6.45) is -0.423. The Morgan fingerprint density at radius 2 is 1.93 bits per heavy atom. The predicted octanol–water partition coefficient (Wildman–Crippen LogP) is 4.32. The van der Waals surface area contributed by atoms with Crippen molar-refractivity contribution in [1.29, 1.82) is 0 Å². The number of alkyl halides is 3. The van der Waals surface area contributed by atoms with E-state index >= 15 is 0 Å². The highest BCUT2D eigenvalue weighted by molar-refractivity contribution is 5.78. The molecule has 4 nitrogen and oxygen atoms in total. The third-order valence-corrected chi connectivity index (χ3v) is 4.38. The Bertz CT molecular complexity index is 769. The van der Waals surface area contributed by atoms with Gasteiger partial charge in [0.2, 0.25) is 5.91 Å². The van der Waals surface area contributed by atoms with Crippen LogP contribution >= 0.6 is 0 Å². The lowest BCUT2D eigenvalue weighted by Crippen LogP contribution is -2.28. The van der Waals surface area contributed by atoms with E-state index < -0.39 is 12.8 Å². The van der Waals surface area contributed by atoms with E-state index in [4.69, 9.17) is 0 Å². The van der Waals surface area contributed by atoms with Gasteiger partial charge < -0.3 is 10.1 Å². The Balaban J connectivity index is 1.49. The number of nitrogens with one attached hydrogen (secondary N) is 1. The highest BCUT2D eigenvalue weighted by Crippen LogP contribution is 2.39. The Labute approximate surface area is 155 Å². The number of halogens is 3. The summed E-state index contributed by atoms with van der Waals surface area (Å²) in [5.74, 6) is 0.577. The predicted molar refractivity (Wildman–Crippen MR) is 94.5 cm³/mol. The maximum atomic E-state index is 12.2. The van der Waals surface area contributed by atoms with Crippen LogP contribution in [0.4, 0.5) is 13.2 Å². The monoisotopic (exact) mass is 378 g/mol. The van der Waals surface area contributed by atoms with Crippen molar-refractivity contribution in [3.05, 3.63) is 59.4 Å². The second-order valence-corrected chi connectivity index (χ2v) is 6.80. The van der Waals surface area contributed by atoms with Crippen LogP contribution in [0.25, 0.3) is 0 Å². The van der Waals surface area contributed by atoms with Gasteiger partial charge in [-0.3, -0.25) is 9.78 Å². The molecule has 2 aromatic rings. The Kier molecular flexibility index (Phi) is 5.68. The van der Waals surface area contributed by atoms with E-state index in [-0.39, 0.29) is 24.1 Å². The highest BCUT2D eigenvalue weighted by atomic mass is 19.4. The second kappa shape index (κ2) is 7.98. The number of hydrogen-bond acceptors (Lipinski definition) is 3. The minimum atomic E-state index is -4.39. The quantitative estimate of drug-likeness (QED) is 0.781. The van der Waals surface area contributed by atoms with E-state index in [0.717, 1.165) is 5.56 Å². The molecule has 1 saturated carbocycles. The van der Waals surface area contributed by atoms with Gasteiger partial charge in [-0.05, 0) is 48.9 Å². The van der Waals surface area contributed by atoms with Crippen molar-refractivity contribution < 1.29 is 22.7 Å². The van der Waals surface area contributed by atoms with Crippen LogP contribution in [-0.2, 0) is 11.2 Å². The first-order valence-corrected chi connectivity index (χ1v) is 8.84. The maximum absolute atomic E-state index is 12.2. The molecule has 144 valence electrons. The molecule has 0 saturated heterocycles. The molecule has 0 aliphatic heterocycles. The lowest BCUT2D eigenvalue weighted by atomic mass is 10.1. The van der Waals surface area contributed by atoms with Gasteiger partial charge in [0.25, 0.3) is 0 Å². The Hall–Kier alpha value is -2.57. The molecule has 1 aromatic carbocycles. The topological polar surface area (TPSA) is 51.2 Å². The van der Waals surface area contributed by atoms with Gasteiger partial charge >= 0.3 is 6.18 Å². The van der Waals surface area contributed by atoms with Gasteiger partial charge in [0.1, 0.15) is 5.75 Å². The van der Waals surface area contributed by atoms with Crippen molar-refractivity contribution >= 4 is 5.91 Å². The standard InChI is InChI=1S/C20H21F3N2O2/c1-13(18-9-8-17(11-24-18)27-12-20(21,22)23)25-19(26)10-14-2-4-15(5-3-14)16-6-7-16/h2-5,8-9,11,13,16H,6-7,10,12H2,1H3,(H,25,26).